The highest BCUT2D eigenvalue weighted by Gasteiger charge is 2.31. The number of nitrogens with one attached hydrogen (secondary N) is 2. The molecule has 16 heavy (non-hydrogen) atoms. The third kappa shape index (κ3) is 3.69. The zero-order valence-corrected chi connectivity index (χ0v) is 9.53. The molecule has 3 N–H and O–H groups in total. The van der Waals surface area contributed by atoms with Crippen LogP contribution in [0.1, 0.15) is 26.7 Å². The lowest BCUT2D eigenvalue weighted by Gasteiger charge is -2.35. The molecule has 0 aliphatic heterocycles. The minimum atomic E-state index is -1.05. The number of carbonyl (C=O) groups is 2. The lowest BCUT2D eigenvalue weighted by Crippen LogP contribution is -2.53. The van der Waals surface area contributed by atoms with Crippen molar-refractivity contribution in [1.29, 1.82) is 0 Å². The number of ether oxygens (including phenoxy) is 1. The Hall–Kier alpha value is -1.30. The minimum absolute atomic E-state index is 0.0949. The number of carbonyl (C=O) groups excluding carboxylic acids is 1. The molecule has 6 heteroatoms. The molecule has 0 heterocycles. The molecule has 0 aromatic carbocycles. The van der Waals surface area contributed by atoms with E-state index < -0.39 is 18.0 Å². The van der Waals surface area contributed by atoms with Crippen molar-refractivity contribution in [3.8, 4) is 0 Å². The van der Waals surface area contributed by atoms with Crippen LogP contribution >= 0.6 is 0 Å². The zero-order valence-electron chi connectivity index (χ0n) is 9.53. The summed E-state index contributed by atoms with van der Waals surface area (Å²) in [5.74, 6) is -1.05. The maximum atomic E-state index is 11.3. The van der Waals surface area contributed by atoms with Crippen molar-refractivity contribution >= 4 is 12.0 Å². The first-order chi connectivity index (χ1) is 7.52. The van der Waals surface area contributed by atoms with Crippen LogP contribution in [0.25, 0.3) is 0 Å². The first-order valence-corrected chi connectivity index (χ1v) is 5.44. The summed E-state index contributed by atoms with van der Waals surface area (Å²) in [6.07, 6.45) is 1.82. The number of urea groups is 1. The van der Waals surface area contributed by atoms with Gasteiger partial charge in [0.15, 0.2) is 0 Å². The SMILES string of the molecule is CCOC1CC(NC(=O)NC(C)C(=O)O)C1. The monoisotopic (exact) mass is 230 g/mol. The van der Waals surface area contributed by atoms with Gasteiger partial charge in [0.05, 0.1) is 6.10 Å². The average molecular weight is 230 g/mol. The van der Waals surface area contributed by atoms with Crippen LogP contribution in [0.4, 0.5) is 4.79 Å². The van der Waals surface area contributed by atoms with E-state index >= 15 is 0 Å². The largest absolute Gasteiger partial charge is 0.480 e. The van der Waals surface area contributed by atoms with E-state index in [1.165, 1.54) is 6.92 Å². The normalized spacial score (nSPS) is 25.4. The first kappa shape index (κ1) is 12.8. The standard InChI is InChI=1S/C10H18N2O4/c1-3-16-8-4-7(5-8)12-10(15)11-6(2)9(13)14/h6-8H,3-5H2,1-2H3,(H,13,14)(H2,11,12,15). The van der Waals surface area contributed by atoms with Crippen LogP contribution < -0.4 is 10.6 Å². The molecule has 0 spiro atoms. The zero-order chi connectivity index (χ0) is 12.1. The van der Waals surface area contributed by atoms with Gasteiger partial charge in [0.25, 0.3) is 0 Å². The van der Waals surface area contributed by atoms with Gasteiger partial charge in [-0.15, -0.1) is 0 Å². The van der Waals surface area contributed by atoms with Crippen LogP contribution in [-0.2, 0) is 9.53 Å². The second-order valence-electron chi connectivity index (χ2n) is 3.92. The molecule has 1 aliphatic rings. The average Bonchev–Trinajstić information content (AvgIpc) is 2.14. The Labute approximate surface area is 94.3 Å². The topological polar surface area (TPSA) is 87.7 Å². The van der Waals surface area contributed by atoms with Gasteiger partial charge in [-0.3, -0.25) is 4.79 Å². The summed E-state index contributed by atoms with van der Waals surface area (Å²) in [6.45, 7) is 4.04. The third-order valence-corrected chi connectivity index (χ3v) is 2.55. The minimum Gasteiger partial charge on any atom is -0.480 e. The highest BCUT2D eigenvalue weighted by atomic mass is 16.5. The smallest absolute Gasteiger partial charge is 0.325 e. The lowest BCUT2D eigenvalue weighted by atomic mass is 9.89. The van der Waals surface area contributed by atoms with Gasteiger partial charge in [0.1, 0.15) is 6.04 Å². The molecule has 0 saturated heterocycles. The van der Waals surface area contributed by atoms with Crippen molar-refractivity contribution in [2.24, 2.45) is 0 Å². The fourth-order valence-electron chi connectivity index (χ4n) is 1.54. The molecule has 0 aromatic rings. The van der Waals surface area contributed by atoms with Gasteiger partial charge in [-0.25, -0.2) is 4.79 Å². The highest BCUT2D eigenvalue weighted by Crippen LogP contribution is 2.22. The van der Waals surface area contributed by atoms with Crippen LogP contribution in [0.3, 0.4) is 0 Å². The van der Waals surface area contributed by atoms with E-state index in [9.17, 15) is 9.59 Å². The molecule has 1 atom stereocenters. The van der Waals surface area contributed by atoms with E-state index in [4.69, 9.17) is 9.84 Å². The molecule has 1 fully saturated rings. The molecule has 92 valence electrons. The Kier molecular flexibility index (Phi) is 4.54. The van der Waals surface area contributed by atoms with Gasteiger partial charge in [0, 0.05) is 12.6 Å². The van der Waals surface area contributed by atoms with E-state index in [0.29, 0.717) is 6.61 Å². The molecule has 2 amide bonds. The predicted molar refractivity (Wildman–Crippen MR) is 57.2 cm³/mol. The van der Waals surface area contributed by atoms with Crippen molar-refractivity contribution in [3.05, 3.63) is 0 Å². The van der Waals surface area contributed by atoms with E-state index in [2.05, 4.69) is 10.6 Å². The van der Waals surface area contributed by atoms with Crippen LogP contribution in [0.2, 0.25) is 0 Å². The predicted octanol–water partition coefficient (Wildman–Crippen LogP) is 0.326. The van der Waals surface area contributed by atoms with E-state index in [0.717, 1.165) is 12.8 Å². The van der Waals surface area contributed by atoms with Crippen LogP contribution in [0.5, 0.6) is 0 Å². The molecule has 6 nitrogen and oxygen atoms in total. The maximum absolute atomic E-state index is 11.3. The van der Waals surface area contributed by atoms with Crippen LogP contribution in [0.15, 0.2) is 0 Å². The van der Waals surface area contributed by atoms with E-state index in [1.807, 2.05) is 6.92 Å². The van der Waals surface area contributed by atoms with Gasteiger partial charge in [-0.2, -0.15) is 0 Å². The fraction of sp³-hybridized carbons (Fsp3) is 0.800. The van der Waals surface area contributed by atoms with Gasteiger partial charge in [-0.05, 0) is 26.7 Å². The molecular weight excluding hydrogens is 212 g/mol. The second-order valence-corrected chi connectivity index (χ2v) is 3.92. The van der Waals surface area contributed by atoms with Crippen molar-refractivity contribution in [3.63, 3.8) is 0 Å². The molecule has 1 aliphatic carbocycles. The third-order valence-electron chi connectivity index (χ3n) is 2.55. The molecule has 1 saturated carbocycles. The summed E-state index contributed by atoms with van der Waals surface area (Å²) < 4.78 is 5.34. The van der Waals surface area contributed by atoms with Crippen LogP contribution in [-0.4, -0.2) is 41.9 Å². The number of hydrogen-bond donors (Lipinski definition) is 3. The van der Waals surface area contributed by atoms with Crippen molar-refractivity contribution in [2.75, 3.05) is 6.61 Å². The summed E-state index contributed by atoms with van der Waals surface area (Å²) in [4.78, 5) is 21.8. The number of amides is 2. The van der Waals surface area contributed by atoms with Gasteiger partial charge < -0.3 is 20.5 Å². The second kappa shape index (κ2) is 5.69. The molecule has 1 rings (SSSR count). The quantitative estimate of drug-likeness (QED) is 0.635. The first-order valence-electron chi connectivity index (χ1n) is 5.44. The molecule has 0 radical (unpaired) electrons. The number of carboxylic acid groups (broad SMARTS) is 1. The molecule has 0 aromatic heterocycles. The number of aliphatic carboxylic acids is 1. The Bertz CT molecular complexity index is 264. The molecule has 0 bridgehead atoms. The lowest BCUT2D eigenvalue weighted by molar-refractivity contribution is -0.138. The summed E-state index contributed by atoms with van der Waals surface area (Å²) in [5.41, 5.74) is 0. The van der Waals surface area contributed by atoms with Crippen LogP contribution in [0, 0.1) is 0 Å². The van der Waals surface area contributed by atoms with Crippen molar-refractivity contribution in [2.45, 2.75) is 44.9 Å². The fourth-order valence-corrected chi connectivity index (χ4v) is 1.54. The Morgan fingerprint density at radius 2 is 2.12 bits per heavy atom. The number of hydrogen-bond acceptors (Lipinski definition) is 3. The Morgan fingerprint density at radius 3 is 2.62 bits per heavy atom. The number of carboxylic acids is 1. The van der Waals surface area contributed by atoms with Crippen molar-refractivity contribution in [1.82, 2.24) is 10.6 Å². The van der Waals surface area contributed by atoms with Gasteiger partial charge in [-0.1, -0.05) is 0 Å². The number of rotatable bonds is 5. The van der Waals surface area contributed by atoms with Gasteiger partial charge in [0.2, 0.25) is 0 Å². The molecular formula is C10H18N2O4. The Morgan fingerprint density at radius 1 is 1.50 bits per heavy atom. The summed E-state index contributed by atoms with van der Waals surface area (Å²) >= 11 is 0. The summed E-state index contributed by atoms with van der Waals surface area (Å²) in [6, 6.07) is -1.21. The van der Waals surface area contributed by atoms with Crippen molar-refractivity contribution < 1.29 is 19.4 Å². The summed E-state index contributed by atoms with van der Waals surface area (Å²) in [5, 5.41) is 13.6. The Balaban J connectivity index is 2.15. The highest BCUT2D eigenvalue weighted by molar-refractivity contribution is 5.82. The van der Waals surface area contributed by atoms with E-state index in [-0.39, 0.29) is 12.1 Å². The molecule has 1 unspecified atom stereocenters. The van der Waals surface area contributed by atoms with Gasteiger partial charge >= 0.3 is 12.0 Å². The van der Waals surface area contributed by atoms with E-state index in [1.54, 1.807) is 0 Å². The maximum Gasteiger partial charge on any atom is 0.325 e. The summed E-state index contributed by atoms with van der Waals surface area (Å²) in [7, 11) is 0.